The molecule has 0 aliphatic heterocycles. The number of nitrogens with zero attached hydrogens (tertiary/aromatic N) is 1. The number of phenols is 2. The lowest BCUT2D eigenvalue weighted by Crippen LogP contribution is -2.41. The van der Waals surface area contributed by atoms with Crippen LogP contribution in [0.15, 0.2) is 24.4 Å². The molecule has 1 amide bonds. The average molecular weight is 307 g/mol. The molecule has 0 unspecified atom stereocenters. The summed E-state index contributed by atoms with van der Waals surface area (Å²) in [4.78, 5) is 17.0. The van der Waals surface area contributed by atoms with Crippen molar-refractivity contribution in [3.8, 4) is 11.5 Å². The summed E-state index contributed by atoms with van der Waals surface area (Å²) in [5.41, 5.74) is 6.52. The highest BCUT2D eigenvalue weighted by Gasteiger charge is 2.15. The molecule has 1 atom stereocenters. The van der Waals surface area contributed by atoms with E-state index in [0.717, 1.165) is 9.88 Å². The van der Waals surface area contributed by atoms with Gasteiger partial charge >= 0.3 is 0 Å². The Labute approximate surface area is 126 Å². The molecule has 5 N–H and O–H groups in total. The SMILES string of the molecule is Cc1ncc(CNC(=O)[C@@H](N)Cc2ccc(O)c(O)c2)s1. The number of nitrogens with two attached hydrogens (primary N) is 1. The molecule has 0 fully saturated rings. The summed E-state index contributed by atoms with van der Waals surface area (Å²) in [6.07, 6.45) is 2.01. The van der Waals surface area contributed by atoms with Gasteiger partial charge in [-0.1, -0.05) is 6.07 Å². The third-order valence-corrected chi connectivity index (χ3v) is 3.85. The van der Waals surface area contributed by atoms with Crippen LogP contribution in [0.25, 0.3) is 0 Å². The largest absolute Gasteiger partial charge is 0.504 e. The van der Waals surface area contributed by atoms with Crippen molar-refractivity contribution in [2.45, 2.75) is 25.9 Å². The van der Waals surface area contributed by atoms with Gasteiger partial charge in [-0.2, -0.15) is 0 Å². The van der Waals surface area contributed by atoms with Crippen molar-refractivity contribution in [3.05, 3.63) is 39.8 Å². The zero-order chi connectivity index (χ0) is 15.4. The maximum atomic E-state index is 11.9. The van der Waals surface area contributed by atoms with Crippen LogP contribution in [0.4, 0.5) is 0 Å². The second kappa shape index (κ2) is 6.55. The van der Waals surface area contributed by atoms with Crippen molar-refractivity contribution >= 4 is 17.2 Å². The summed E-state index contributed by atoms with van der Waals surface area (Å²) < 4.78 is 0. The van der Waals surface area contributed by atoms with Gasteiger partial charge in [-0.25, -0.2) is 4.98 Å². The quantitative estimate of drug-likeness (QED) is 0.617. The Bertz CT molecular complexity index is 642. The first-order valence-corrected chi connectivity index (χ1v) is 7.23. The molecule has 1 heterocycles. The minimum atomic E-state index is -0.719. The Morgan fingerprint density at radius 1 is 1.43 bits per heavy atom. The molecule has 21 heavy (non-hydrogen) atoms. The van der Waals surface area contributed by atoms with E-state index in [4.69, 9.17) is 5.73 Å². The fourth-order valence-electron chi connectivity index (χ4n) is 1.83. The number of phenolic OH excluding ortho intramolecular Hbond substituents is 2. The number of hydrogen-bond acceptors (Lipinski definition) is 6. The number of amides is 1. The highest BCUT2D eigenvalue weighted by Crippen LogP contribution is 2.25. The topological polar surface area (TPSA) is 108 Å². The average Bonchev–Trinajstić information content (AvgIpc) is 2.86. The molecule has 112 valence electrons. The molecular formula is C14H17N3O3S. The van der Waals surface area contributed by atoms with E-state index in [-0.39, 0.29) is 23.8 Å². The van der Waals surface area contributed by atoms with Gasteiger partial charge in [-0.15, -0.1) is 11.3 Å². The predicted octanol–water partition coefficient (Wildman–Crippen LogP) is 1.05. The standard InChI is InChI=1S/C14H17N3O3S/c1-8-16-6-10(21-8)7-17-14(20)11(15)4-9-2-3-12(18)13(19)5-9/h2-3,5-6,11,18-19H,4,7,15H2,1H3,(H,17,20)/t11-/m0/s1. The smallest absolute Gasteiger partial charge is 0.237 e. The van der Waals surface area contributed by atoms with E-state index in [1.807, 2.05) is 6.92 Å². The summed E-state index contributed by atoms with van der Waals surface area (Å²) >= 11 is 1.52. The molecule has 0 saturated heterocycles. The summed E-state index contributed by atoms with van der Waals surface area (Å²) in [6.45, 7) is 2.30. The van der Waals surface area contributed by atoms with Gasteiger partial charge in [-0.05, 0) is 31.0 Å². The summed E-state index contributed by atoms with van der Waals surface area (Å²) in [6, 6.07) is 3.67. The minimum absolute atomic E-state index is 0.197. The van der Waals surface area contributed by atoms with Gasteiger partial charge < -0.3 is 21.3 Å². The number of aromatic hydroxyl groups is 2. The van der Waals surface area contributed by atoms with Crippen LogP contribution in [0.5, 0.6) is 11.5 Å². The summed E-state index contributed by atoms with van der Waals surface area (Å²) in [5.74, 6) is -0.689. The lowest BCUT2D eigenvalue weighted by molar-refractivity contribution is -0.122. The minimum Gasteiger partial charge on any atom is -0.504 e. The van der Waals surface area contributed by atoms with Crippen LogP contribution < -0.4 is 11.1 Å². The lowest BCUT2D eigenvalue weighted by atomic mass is 10.1. The van der Waals surface area contributed by atoms with Crippen LogP contribution in [0.2, 0.25) is 0 Å². The molecule has 0 saturated carbocycles. The summed E-state index contributed by atoms with van der Waals surface area (Å²) in [5, 5.41) is 22.3. The first-order chi connectivity index (χ1) is 9.95. The third kappa shape index (κ3) is 4.17. The maximum Gasteiger partial charge on any atom is 0.237 e. The van der Waals surface area contributed by atoms with Crippen LogP contribution in [0.3, 0.4) is 0 Å². The highest BCUT2D eigenvalue weighted by molar-refractivity contribution is 7.11. The maximum absolute atomic E-state index is 11.9. The molecular weight excluding hydrogens is 290 g/mol. The van der Waals surface area contributed by atoms with Crippen LogP contribution in [-0.2, 0) is 17.8 Å². The number of nitrogens with one attached hydrogen (secondary N) is 1. The van der Waals surface area contributed by atoms with Crippen molar-refractivity contribution in [2.75, 3.05) is 0 Å². The Morgan fingerprint density at radius 2 is 2.19 bits per heavy atom. The molecule has 2 rings (SSSR count). The van der Waals surface area contributed by atoms with E-state index in [2.05, 4.69) is 10.3 Å². The number of thiazole rings is 1. The van der Waals surface area contributed by atoms with Gasteiger partial charge in [0.1, 0.15) is 0 Å². The molecule has 0 aliphatic rings. The Morgan fingerprint density at radius 3 is 2.81 bits per heavy atom. The first-order valence-electron chi connectivity index (χ1n) is 6.41. The Kier molecular flexibility index (Phi) is 4.77. The molecule has 0 bridgehead atoms. The van der Waals surface area contributed by atoms with Crippen molar-refractivity contribution in [3.63, 3.8) is 0 Å². The van der Waals surface area contributed by atoms with Crippen LogP contribution in [0, 0.1) is 6.92 Å². The first kappa shape index (κ1) is 15.3. The third-order valence-electron chi connectivity index (χ3n) is 2.94. The fourth-order valence-corrected chi connectivity index (χ4v) is 2.57. The highest BCUT2D eigenvalue weighted by atomic mass is 32.1. The second-order valence-electron chi connectivity index (χ2n) is 4.70. The fraction of sp³-hybridized carbons (Fsp3) is 0.286. The van der Waals surface area contributed by atoms with Crippen LogP contribution in [-0.4, -0.2) is 27.1 Å². The Hall–Kier alpha value is -2.12. The van der Waals surface area contributed by atoms with Gasteiger partial charge in [-0.3, -0.25) is 4.79 Å². The number of rotatable bonds is 5. The van der Waals surface area contributed by atoms with Gasteiger partial charge in [0, 0.05) is 11.1 Å². The van der Waals surface area contributed by atoms with E-state index >= 15 is 0 Å². The summed E-state index contributed by atoms with van der Waals surface area (Å²) in [7, 11) is 0. The molecule has 0 radical (unpaired) electrons. The van der Waals surface area contributed by atoms with Gasteiger partial charge in [0.25, 0.3) is 0 Å². The molecule has 6 nitrogen and oxygen atoms in total. The normalized spacial score (nSPS) is 12.1. The Balaban J connectivity index is 1.88. The van der Waals surface area contributed by atoms with Crippen LogP contribution in [0.1, 0.15) is 15.4 Å². The number of carbonyl (C=O) groups excluding carboxylic acids is 1. The number of aryl methyl sites for hydroxylation is 1. The van der Waals surface area contributed by atoms with Crippen LogP contribution >= 0.6 is 11.3 Å². The zero-order valence-electron chi connectivity index (χ0n) is 11.5. The van der Waals surface area contributed by atoms with E-state index in [1.165, 1.54) is 23.5 Å². The van der Waals surface area contributed by atoms with Crippen molar-refractivity contribution in [1.82, 2.24) is 10.3 Å². The molecule has 1 aromatic carbocycles. The molecule has 2 aromatic rings. The molecule has 0 spiro atoms. The monoisotopic (exact) mass is 307 g/mol. The molecule has 0 aliphatic carbocycles. The second-order valence-corrected chi connectivity index (χ2v) is 6.02. The van der Waals surface area contributed by atoms with E-state index in [1.54, 1.807) is 12.3 Å². The number of aromatic nitrogens is 1. The predicted molar refractivity (Wildman–Crippen MR) is 80.1 cm³/mol. The van der Waals surface area contributed by atoms with Crippen molar-refractivity contribution < 1.29 is 15.0 Å². The van der Waals surface area contributed by atoms with Gasteiger partial charge in [0.05, 0.1) is 17.6 Å². The van der Waals surface area contributed by atoms with E-state index < -0.39 is 6.04 Å². The van der Waals surface area contributed by atoms with Gasteiger partial charge in [0.15, 0.2) is 11.5 Å². The van der Waals surface area contributed by atoms with Crippen molar-refractivity contribution in [2.24, 2.45) is 5.73 Å². The van der Waals surface area contributed by atoms with Gasteiger partial charge in [0.2, 0.25) is 5.91 Å². The number of carbonyl (C=O) groups is 1. The van der Waals surface area contributed by atoms with Crippen molar-refractivity contribution in [1.29, 1.82) is 0 Å². The molecule has 1 aromatic heterocycles. The van der Waals surface area contributed by atoms with E-state index in [0.29, 0.717) is 12.1 Å². The number of hydrogen-bond donors (Lipinski definition) is 4. The number of benzene rings is 1. The molecule has 7 heteroatoms. The lowest BCUT2D eigenvalue weighted by Gasteiger charge is -2.12. The van der Waals surface area contributed by atoms with E-state index in [9.17, 15) is 15.0 Å². The zero-order valence-corrected chi connectivity index (χ0v) is 12.4.